The molecule has 5 nitrogen and oxygen atoms in total. The summed E-state index contributed by atoms with van der Waals surface area (Å²) in [4.78, 5) is 12.1. The van der Waals surface area contributed by atoms with Crippen molar-refractivity contribution in [1.29, 1.82) is 0 Å². The molecular formula is C16H24N2O3. The standard InChI is InChI=1S/C16H24N2O3/c1-11-4-5-15(20-3)14(8-11)12(2)18-16(19)9-13-10-17-6-7-21-13/h4-5,8,12-13,17H,6-7,9-10H2,1-3H3,(H,18,19). The van der Waals surface area contributed by atoms with Crippen molar-refractivity contribution in [2.24, 2.45) is 0 Å². The lowest BCUT2D eigenvalue weighted by Gasteiger charge is -2.24. The van der Waals surface area contributed by atoms with Crippen molar-refractivity contribution in [3.05, 3.63) is 29.3 Å². The summed E-state index contributed by atoms with van der Waals surface area (Å²) in [5, 5.41) is 6.24. The molecule has 0 spiro atoms. The van der Waals surface area contributed by atoms with Crippen molar-refractivity contribution < 1.29 is 14.3 Å². The first-order chi connectivity index (χ1) is 10.1. The second-order valence-corrected chi connectivity index (χ2v) is 5.44. The molecule has 1 aromatic rings. The normalized spacial score (nSPS) is 19.9. The van der Waals surface area contributed by atoms with Crippen LogP contribution in [-0.4, -0.2) is 38.8 Å². The Hall–Kier alpha value is -1.59. The van der Waals surface area contributed by atoms with Crippen LogP contribution in [0.15, 0.2) is 18.2 Å². The number of nitrogens with one attached hydrogen (secondary N) is 2. The van der Waals surface area contributed by atoms with Gasteiger partial charge >= 0.3 is 0 Å². The van der Waals surface area contributed by atoms with E-state index in [2.05, 4.69) is 10.6 Å². The van der Waals surface area contributed by atoms with E-state index >= 15 is 0 Å². The van der Waals surface area contributed by atoms with Gasteiger partial charge in [0.25, 0.3) is 0 Å². The summed E-state index contributed by atoms with van der Waals surface area (Å²) in [6.07, 6.45) is 0.344. The molecule has 1 fully saturated rings. The minimum atomic E-state index is -0.0936. The molecule has 2 atom stereocenters. The molecule has 1 heterocycles. The Morgan fingerprint density at radius 1 is 1.57 bits per heavy atom. The highest BCUT2D eigenvalue weighted by molar-refractivity contribution is 5.77. The van der Waals surface area contributed by atoms with Gasteiger partial charge in [-0.15, -0.1) is 0 Å². The third kappa shape index (κ3) is 4.44. The van der Waals surface area contributed by atoms with Crippen LogP contribution in [0.4, 0.5) is 0 Å². The zero-order valence-corrected chi connectivity index (χ0v) is 12.9. The molecule has 2 unspecified atom stereocenters. The number of ether oxygens (including phenoxy) is 2. The average Bonchev–Trinajstić information content (AvgIpc) is 2.48. The molecule has 5 heteroatoms. The minimum absolute atomic E-state index is 0.000223. The van der Waals surface area contributed by atoms with Gasteiger partial charge in [-0.1, -0.05) is 17.7 Å². The lowest BCUT2D eigenvalue weighted by atomic mass is 10.0. The predicted octanol–water partition coefficient (Wildman–Crippen LogP) is 1.56. The first-order valence-electron chi connectivity index (χ1n) is 7.36. The SMILES string of the molecule is COc1ccc(C)cc1C(C)NC(=O)CC1CNCCO1. The maximum absolute atomic E-state index is 12.1. The zero-order valence-electron chi connectivity index (χ0n) is 12.9. The van der Waals surface area contributed by atoms with Gasteiger partial charge in [-0.2, -0.15) is 0 Å². The number of aryl methyl sites for hydroxylation is 1. The Morgan fingerprint density at radius 2 is 2.38 bits per heavy atom. The number of rotatable bonds is 5. The number of hydrogen-bond acceptors (Lipinski definition) is 4. The van der Waals surface area contributed by atoms with Crippen LogP contribution < -0.4 is 15.4 Å². The van der Waals surface area contributed by atoms with Crippen LogP contribution in [-0.2, 0) is 9.53 Å². The van der Waals surface area contributed by atoms with E-state index in [0.717, 1.165) is 30.0 Å². The Morgan fingerprint density at radius 3 is 3.05 bits per heavy atom. The highest BCUT2D eigenvalue weighted by Crippen LogP contribution is 2.26. The molecule has 0 aromatic heterocycles. The topological polar surface area (TPSA) is 59.6 Å². The number of hydrogen-bond donors (Lipinski definition) is 2. The van der Waals surface area contributed by atoms with Crippen molar-refractivity contribution in [3.63, 3.8) is 0 Å². The number of carbonyl (C=O) groups is 1. The lowest BCUT2D eigenvalue weighted by Crippen LogP contribution is -2.41. The Kier molecular flexibility index (Phi) is 5.59. The maximum atomic E-state index is 12.1. The molecule has 2 N–H and O–H groups in total. The summed E-state index contributed by atoms with van der Waals surface area (Å²) in [7, 11) is 1.64. The first-order valence-corrected chi connectivity index (χ1v) is 7.36. The molecule has 116 valence electrons. The van der Waals surface area contributed by atoms with Gasteiger partial charge in [-0.3, -0.25) is 4.79 Å². The van der Waals surface area contributed by atoms with Crippen molar-refractivity contribution in [2.45, 2.75) is 32.4 Å². The number of benzene rings is 1. The molecule has 1 aliphatic heterocycles. The number of morpholine rings is 1. The van der Waals surface area contributed by atoms with Crippen molar-refractivity contribution in [3.8, 4) is 5.75 Å². The molecular weight excluding hydrogens is 268 g/mol. The highest BCUT2D eigenvalue weighted by atomic mass is 16.5. The molecule has 1 aromatic carbocycles. The Labute approximate surface area is 126 Å². The number of amides is 1. The second kappa shape index (κ2) is 7.43. The summed E-state index contributed by atoms with van der Waals surface area (Å²) in [6.45, 7) is 6.25. The van der Waals surface area contributed by atoms with E-state index in [1.165, 1.54) is 0 Å². The van der Waals surface area contributed by atoms with E-state index in [9.17, 15) is 4.79 Å². The molecule has 0 bridgehead atoms. The van der Waals surface area contributed by atoms with Gasteiger partial charge in [0.2, 0.25) is 5.91 Å². The van der Waals surface area contributed by atoms with Gasteiger partial charge in [-0.25, -0.2) is 0 Å². The van der Waals surface area contributed by atoms with Crippen LogP contribution in [0.25, 0.3) is 0 Å². The fraction of sp³-hybridized carbons (Fsp3) is 0.562. The Balaban J connectivity index is 1.95. The molecule has 0 aliphatic carbocycles. The van der Waals surface area contributed by atoms with E-state index in [-0.39, 0.29) is 18.1 Å². The van der Waals surface area contributed by atoms with Crippen LogP contribution in [0.3, 0.4) is 0 Å². The quantitative estimate of drug-likeness (QED) is 0.864. The summed E-state index contributed by atoms with van der Waals surface area (Å²) >= 11 is 0. The smallest absolute Gasteiger partial charge is 0.223 e. The van der Waals surface area contributed by atoms with Gasteiger partial charge in [0.1, 0.15) is 5.75 Å². The predicted molar refractivity (Wildman–Crippen MR) is 81.5 cm³/mol. The van der Waals surface area contributed by atoms with Crippen LogP contribution in [0.2, 0.25) is 0 Å². The van der Waals surface area contributed by atoms with E-state index in [0.29, 0.717) is 13.0 Å². The number of carbonyl (C=O) groups excluding carboxylic acids is 1. The lowest BCUT2D eigenvalue weighted by molar-refractivity contribution is -0.125. The van der Waals surface area contributed by atoms with Crippen molar-refractivity contribution >= 4 is 5.91 Å². The fourth-order valence-electron chi connectivity index (χ4n) is 2.53. The average molecular weight is 292 g/mol. The van der Waals surface area contributed by atoms with Gasteiger partial charge in [0.05, 0.1) is 32.3 Å². The third-order valence-corrected chi connectivity index (χ3v) is 3.65. The molecule has 1 amide bonds. The van der Waals surface area contributed by atoms with E-state index in [1.807, 2.05) is 32.0 Å². The van der Waals surface area contributed by atoms with Crippen molar-refractivity contribution in [1.82, 2.24) is 10.6 Å². The van der Waals surface area contributed by atoms with Crippen LogP contribution in [0, 0.1) is 6.92 Å². The van der Waals surface area contributed by atoms with Gasteiger partial charge in [0, 0.05) is 18.7 Å². The molecule has 0 saturated carbocycles. The Bertz CT molecular complexity index is 484. The largest absolute Gasteiger partial charge is 0.496 e. The van der Waals surface area contributed by atoms with E-state index < -0.39 is 0 Å². The molecule has 1 saturated heterocycles. The zero-order chi connectivity index (χ0) is 15.2. The van der Waals surface area contributed by atoms with Gasteiger partial charge in [0.15, 0.2) is 0 Å². The summed E-state index contributed by atoms with van der Waals surface area (Å²) in [5.74, 6) is 0.795. The van der Waals surface area contributed by atoms with Crippen LogP contribution in [0.5, 0.6) is 5.75 Å². The van der Waals surface area contributed by atoms with E-state index in [1.54, 1.807) is 7.11 Å². The molecule has 21 heavy (non-hydrogen) atoms. The van der Waals surface area contributed by atoms with Gasteiger partial charge in [-0.05, 0) is 19.9 Å². The maximum Gasteiger partial charge on any atom is 0.223 e. The summed E-state index contributed by atoms with van der Waals surface area (Å²) < 4.78 is 10.9. The van der Waals surface area contributed by atoms with Gasteiger partial charge < -0.3 is 20.1 Å². The molecule has 2 rings (SSSR count). The molecule has 0 radical (unpaired) electrons. The second-order valence-electron chi connectivity index (χ2n) is 5.44. The first kappa shape index (κ1) is 15.8. The van der Waals surface area contributed by atoms with Crippen LogP contribution in [0.1, 0.15) is 30.5 Å². The number of methoxy groups -OCH3 is 1. The summed E-state index contributed by atoms with van der Waals surface area (Å²) in [6, 6.07) is 5.88. The fourth-order valence-corrected chi connectivity index (χ4v) is 2.53. The van der Waals surface area contributed by atoms with Crippen molar-refractivity contribution in [2.75, 3.05) is 26.8 Å². The minimum Gasteiger partial charge on any atom is -0.496 e. The molecule has 1 aliphatic rings. The highest BCUT2D eigenvalue weighted by Gasteiger charge is 2.20. The van der Waals surface area contributed by atoms with E-state index in [4.69, 9.17) is 9.47 Å². The monoisotopic (exact) mass is 292 g/mol. The van der Waals surface area contributed by atoms with Crippen LogP contribution >= 0.6 is 0 Å². The summed E-state index contributed by atoms with van der Waals surface area (Å²) in [5.41, 5.74) is 2.14. The third-order valence-electron chi connectivity index (χ3n) is 3.65.